The van der Waals surface area contributed by atoms with E-state index in [1.54, 1.807) is 6.07 Å². The standard InChI is InChI=1S/C14H14FNOS/c1-8-4-5-12(15)6-11(8)7-13(17)14-9(2)16-10(3)18-14/h4-6H,7H2,1-3H3. The van der Waals surface area contributed by atoms with Crippen LogP contribution in [0.5, 0.6) is 0 Å². The van der Waals surface area contributed by atoms with E-state index in [0.29, 0.717) is 4.88 Å². The molecule has 4 heteroatoms. The highest BCUT2D eigenvalue weighted by Gasteiger charge is 2.15. The summed E-state index contributed by atoms with van der Waals surface area (Å²) < 4.78 is 13.2. The first-order chi connectivity index (χ1) is 8.47. The Balaban J connectivity index is 2.26. The zero-order chi connectivity index (χ0) is 13.3. The van der Waals surface area contributed by atoms with Gasteiger partial charge in [0.1, 0.15) is 5.82 Å². The number of hydrogen-bond donors (Lipinski definition) is 0. The van der Waals surface area contributed by atoms with Crippen molar-refractivity contribution in [3.8, 4) is 0 Å². The Morgan fingerprint density at radius 1 is 1.33 bits per heavy atom. The summed E-state index contributed by atoms with van der Waals surface area (Å²) in [5.74, 6) is -0.299. The highest BCUT2D eigenvalue weighted by molar-refractivity contribution is 7.13. The van der Waals surface area contributed by atoms with E-state index in [2.05, 4.69) is 4.98 Å². The monoisotopic (exact) mass is 263 g/mol. The van der Waals surface area contributed by atoms with Gasteiger partial charge in [0.25, 0.3) is 0 Å². The molecule has 0 bridgehead atoms. The van der Waals surface area contributed by atoms with Crippen LogP contribution in [0, 0.1) is 26.6 Å². The molecular formula is C14H14FNOS. The Hall–Kier alpha value is -1.55. The van der Waals surface area contributed by atoms with Crippen molar-refractivity contribution in [3.63, 3.8) is 0 Å². The average Bonchev–Trinajstić information content (AvgIpc) is 2.63. The van der Waals surface area contributed by atoms with E-state index in [4.69, 9.17) is 0 Å². The molecule has 94 valence electrons. The Morgan fingerprint density at radius 2 is 2.06 bits per heavy atom. The predicted molar refractivity (Wildman–Crippen MR) is 70.8 cm³/mol. The lowest BCUT2D eigenvalue weighted by Gasteiger charge is -2.04. The second kappa shape index (κ2) is 4.98. The van der Waals surface area contributed by atoms with Crippen molar-refractivity contribution in [1.82, 2.24) is 4.98 Å². The quantitative estimate of drug-likeness (QED) is 0.791. The van der Waals surface area contributed by atoms with Crippen LogP contribution in [-0.2, 0) is 6.42 Å². The second-order valence-corrected chi connectivity index (χ2v) is 5.52. The molecule has 18 heavy (non-hydrogen) atoms. The number of rotatable bonds is 3. The number of hydrogen-bond acceptors (Lipinski definition) is 3. The van der Waals surface area contributed by atoms with Crippen LogP contribution >= 0.6 is 11.3 Å². The molecule has 0 amide bonds. The third kappa shape index (κ3) is 2.64. The molecule has 0 unspecified atom stereocenters. The first kappa shape index (κ1) is 12.9. The molecule has 0 saturated carbocycles. The van der Waals surface area contributed by atoms with E-state index in [1.807, 2.05) is 20.8 Å². The van der Waals surface area contributed by atoms with E-state index in [0.717, 1.165) is 21.8 Å². The predicted octanol–water partition coefficient (Wildman–Crippen LogP) is 3.63. The lowest BCUT2D eigenvalue weighted by atomic mass is 10.0. The number of thiazole rings is 1. The van der Waals surface area contributed by atoms with E-state index < -0.39 is 0 Å². The van der Waals surface area contributed by atoms with Gasteiger partial charge < -0.3 is 0 Å². The first-order valence-corrected chi connectivity index (χ1v) is 6.51. The first-order valence-electron chi connectivity index (χ1n) is 5.69. The molecule has 0 atom stereocenters. The fraction of sp³-hybridized carbons (Fsp3) is 0.286. The van der Waals surface area contributed by atoms with E-state index >= 15 is 0 Å². The maximum atomic E-state index is 13.2. The summed E-state index contributed by atoms with van der Waals surface area (Å²) in [5, 5.41) is 0.881. The fourth-order valence-electron chi connectivity index (χ4n) is 1.87. The number of aryl methyl sites for hydroxylation is 3. The largest absolute Gasteiger partial charge is 0.293 e. The second-order valence-electron chi connectivity index (χ2n) is 4.32. The van der Waals surface area contributed by atoms with Crippen LogP contribution < -0.4 is 0 Å². The number of Topliss-reactive ketones (excluding diaryl/α,β-unsaturated/α-hetero) is 1. The third-order valence-electron chi connectivity index (χ3n) is 2.82. The minimum absolute atomic E-state index is 0.00630. The van der Waals surface area contributed by atoms with E-state index in [1.165, 1.54) is 23.5 Å². The summed E-state index contributed by atoms with van der Waals surface area (Å²) in [6.45, 7) is 5.59. The number of ketones is 1. The Bertz CT molecular complexity index is 604. The number of carbonyl (C=O) groups excluding carboxylic acids is 1. The molecular weight excluding hydrogens is 249 g/mol. The third-order valence-corrected chi connectivity index (χ3v) is 3.93. The molecule has 1 heterocycles. The fourth-order valence-corrected chi connectivity index (χ4v) is 2.73. The minimum Gasteiger partial charge on any atom is -0.293 e. The molecule has 0 radical (unpaired) electrons. The van der Waals surface area contributed by atoms with Crippen LogP contribution in [0.1, 0.15) is 31.5 Å². The summed E-state index contributed by atoms with van der Waals surface area (Å²) in [6.07, 6.45) is 0.228. The van der Waals surface area contributed by atoms with Crippen molar-refractivity contribution in [2.75, 3.05) is 0 Å². The molecule has 0 aliphatic heterocycles. The van der Waals surface area contributed by atoms with Crippen molar-refractivity contribution >= 4 is 17.1 Å². The van der Waals surface area contributed by atoms with Crippen molar-refractivity contribution in [2.24, 2.45) is 0 Å². The molecule has 0 aliphatic rings. The van der Waals surface area contributed by atoms with Gasteiger partial charge in [0.05, 0.1) is 15.6 Å². The Kier molecular flexibility index (Phi) is 3.57. The van der Waals surface area contributed by atoms with Gasteiger partial charge in [0.2, 0.25) is 0 Å². The molecule has 0 N–H and O–H groups in total. The van der Waals surface area contributed by atoms with E-state index in [-0.39, 0.29) is 18.0 Å². The number of nitrogens with zero attached hydrogens (tertiary/aromatic N) is 1. The van der Waals surface area contributed by atoms with Crippen LogP contribution in [0.25, 0.3) is 0 Å². The van der Waals surface area contributed by atoms with Gasteiger partial charge >= 0.3 is 0 Å². The lowest BCUT2D eigenvalue weighted by molar-refractivity contribution is 0.0996. The number of carbonyl (C=O) groups is 1. The minimum atomic E-state index is -0.305. The van der Waals surface area contributed by atoms with Crippen molar-refractivity contribution in [2.45, 2.75) is 27.2 Å². The van der Waals surface area contributed by atoms with Gasteiger partial charge in [-0.3, -0.25) is 4.79 Å². The lowest BCUT2D eigenvalue weighted by Crippen LogP contribution is -2.05. The molecule has 2 nitrogen and oxygen atoms in total. The maximum Gasteiger partial charge on any atom is 0.179 e. The smallest absolute Gasteiger partial charge is 0.179 e. The van der Waals surface area contributed by atoms with Crippen LogP contribution in [0.15, 0.2) is 18.2 Å². The van der Waals surface area contributed by atoms with Crippen molar-refractivity contribution in [3.05, 3.63) is 50.7 Å². The maximum absolute atomic E-state index is 13.2. The van der Waals surface area contributed by atoms with Crippen molar-refractivity contribution < 1.29 is 9.18 Å². The van der Waals surface area contributed by atoms with Crippen LogP contribution in [0.4, 0.5) is 4.39 Å². The molecule has 2 aromatic rings. The summed E-state index contributed by atoms with van der Waals surface area (Å²) in [5.41, 5.74) is 2.44. The molecule has 0 saturated heterocycles. The molecule has 2 rings (SSSR count). The highest BCUT2D eigenvalue weighted by atomic mass is 32.1. The van der Waals surface area contributed by atoms with Gasteiger partial charge in [-0.05, 0) is 44.0 Å². The summed E-state index contributed by atoms with van der Waals surface area (Å²) in [6, 6.07) is 4.53. The molecule has 0 fully saturated rings. The van der Waals surface area contributed by atoms with Gasteiger partial charge in [-0.15, -0.1) is 11.3 Å². The summed E-state index contributed by atoms with van der Waals surface area (Å²) in [7, 11) is 0. The van der Waals surface area contributed by atoms with Crippen LogP contribution in [-0.4, -0.2) is 10.8 Å². The van der Waals surface area contributed by atoms with Gasteiger partial charge in [0.15, 0.2) is 5.78 Å². The SMILES string of the molecule is Cc1nc(C)c(C(=O)Cc2cc(F)ccc2C)s1. The molecule has 0 spiro atoms. The Morgan fingerprint density at radius 3 is 2.67 bits per heavy atom. The number of benzene rings is 1. The van der Waals surface area contributed by atoms with Crippen LogP contribution in [0.3, 0.4) is 0 Å². The molecule has 1 aromatic heterocycles. The Labute approximate surface area is 110 Å². The summed E-state index contributed by atoms with van der Waals surface area (Å²) in [4.78, 5) is 17.1. The van der Waals surface area contributed by atoms with E-state index in [9.17, 15) is 9.18 Å². The number of aromatic nitrogens is 1. The zero-order valence-corrected chi connectivity index (χ0v) is 11.4. The zero-order valence-electron chi connectivity index (χ0n) is 10.6. The van der Waals surface area contributed by atoms with Gasteiger partial charge in [-0.25, -0.2) is 9.37 Å². The van der Waals surface area contributed by atoms with Gasteiger partial charge in [0, 0.05) is 6.42 Å². The van der Waals surface area contributed by atoms with Gasteiger partial charge in [-0.2, -0.15) is 0 Å². The molecule has 0 aliphatic carbocycles. The number of halogens is 1. The van der Waals surface area contributed by atoms with Crippen molar-refractivity contribution in [1.29, 1.82) is 0 Å². The summed E-state index contributed by atoms with van der Waals surface area (Å²) >= 11 is 1.40. The normalized spacial score (nSPS) is 10.7. The highest BCUT2D eigenvalue weighted by Crippen LogP contribution is 2.20. The average molecular weight is 263 g/mol. The van der Waals surface area contributed by atoms with Crippen LogP contribution in [0.2, 0.25) is 0 Å². The molecule has 1 aromatic carbocycles. The van der Waals surface area contributed by atoms with Gasteiger partial charge in [-0.1, -0.05) is 6.07 Å². The topological polar surface area (TPSA) is 30.0 Å².